The first kappa shape index (κ1) is 22.4. The molecule has 3 aromatic carbocycles. The summed E-state index contributed by atoms with van der Waals surface area (Å²) in [7, 11) is 0. The highest BCUT2D eigenvalue weighted by Gasteiger charge is 2.31. The van der Waals surface area contributed by atoms with Crippen LogP contribution in [0.4, 0.5) is 0 Å². The van der Waals surface area contributed by atoms with Gasteiger partial charge in [-0.25, -0.2) is 0 Å². The fourth-order valence-corrected chi connectivity index (χ4v) is 3.93. The van der Waals surface area contributed by atoms with E-state index >= 15 is 0 Å². The molecule has 0 spiro atoms. The van der Waals surface area contributed by atoms with Crippen LogP contribution < -0.4 is 0 Å². The Morgan fingerprint density at radius 1 is 0.839 bits per heavy atom. The number of hydrogen-bond donors (Lipinski definition) is 0. The molecule has 4 nitrogen and oxygen atoms in total. The van der Waals surface area contributed by atoms with Crippen LogP contribution in [0.25, 0.3) is 0 Å². The third-order valence-corrected chi connectivity index (χ3v) is 5.23. The molecule has 0 heterocycles. The molecule has 0 saturated carbocycles. The average Bonchev–Trinajstić information content (AvgIpc) is 2.79. The number of ether oxygens (including phenoxy) is 1. The standard InChI is InChI=1S/C27H29NO3/c1-22(30)31-26(18-11-19-29)27(25-16-9-4-10-17-25)28(20-23-12-5-2-6-13-23)21-24-14-7-3-8-15-24/h2-10,12-17,19,26-27H,11,18,20-21H2,1H3/t26-,27+/m0/s1. The molecule has 0 unspecified atom stereocenters. The molecule has 3 aromatic rings. The SMILES string of the molecule is CC(=O)O[C@@H](CCC=O)[C@@H](c1ccccc1)N(Cc1ccccc1)Cc1ccccc1. The van der Waals surface area contributed by atoms with Crippen LogP contribution in [0, 0.1) is 0 Å². The van der Waals surface area contributed by atoms with Crippen LogP contribution in [0.3, 0.4) is 0 Å². The molecule has 0 aliphatic heterocycles. The maximum absolute atomic E-state index is 12.0. The van der Waals surface area contributed by atoms with Gasteiger partial charge in [0.25, 0.3) is 0 Å². The summed E-state index contributed by atoms with van der Waals surface area (Å²) in [4.78, 5) is 25.4. The highest BCUT2D eigenvalue weighted by molar-refractivity contribution is 5.66. The summed E-state index contributed by atoms with van der Waals surface area (Å²) in [5.41, 5.74) is 3.42. The Morgan fingerprint density at radius 2 is 1.32 bits per heavy atom. The minimum atomic E-state index is -0.433. The highest BCUT2D eigenvalue weighted by Crippen LogP contribution is 2.32. The van der Waals surface area contributed by atoms with Crippen molar-refractivity contribution in [3.05, 3.63) is 108 Å². The summed E-state index contributed by atoms with van der Waals surface area (Å²) < 4.78 is 5.79. The zero-order valence-corrected chi connectivity index (χ0v) is 17.9. The Bertz CT molecular complexity index is 887. The predicted octanol–water partition coefficient (Wildman–Crippen LogP) is 5.34. The van der Waals surface area contributed by atoms with Crippen molar-refractivity contribution in [2.75, 3.05) is 0 Å². The second kappa shape index (κ2) is 11.8. The largest absolute Gasteiger partial charge is 0.461 e. The van der Waals surface area contributed by atoms with E-state index in [1.807, 2.05) is 54.6 Å². The average molecular weight is 416 g/mol. The van der Waals surface area contributed by atoms with Gasteiger partial charge in [0.15, 0.2) is 0 Å². The lowest BCUT2D eigenvalue weighted by atomic mass is 9.95. The molecule has 0 aromatic heterocycles. The number of hydrogen-bond acceptors (Lipinski definition) is 4. The minimum absolute atomic E-state index is 0.189. The van der Waals surface area contributed by atoms with Gasteiger partial charge in [-0.3, -0.25) is 9.69 Å². The summed E-state index contributed by atoms with van der Waals surface area (Å²) in [6.07, 6.45) is 1.27. The number of esters is 1. The Hall–Kier alpha value is -3.24. The monoisotopic (exact) mass is 415 g/mol. The first-order chi connectivity index (χ1) is 15.2. The lowest BCUT2D eigenvalue weighted by Crippen LogP contribution is -2.38. The van der Waals surface area contributed by atoms with Crippen LogP contribution in [-0.2, 0) is 27.4 Å². The van der Waals surface area contributed by atoms with Gasteiger partial charge in [-0.2, -0.15) is 0 Å². The maximum atomic E-state index is 12.0. The van der Waals surface area contributed by atoms with Crippen LogP contribution in [0.2, 0.25) is 0 Å². The third kappa shape index (κ3) is 6.90. The first-order valence-corrected chi connectivity index (χ1v) is 10.6. The van der Waals surface area contributed by atoms with Crippen molar-refractivity contribution in [3.8, 4) is 0 Å². The van der Waals surface area contributed by atoms with Crippen molar-refractivity contribution in [1.82, 2.24) is 4.90 Å². The van der Waals surface area contributed by atoms with Gasteiger partial charge in [-0.1, -0.05) is 91.0 Å². The Labute approximate surface area is 184 Å². The first-order valence-electron chi connectivity index (χ1n) is 10.6. The van der Waals surface area contributed by atoms with Crippen molar-refractivity contribution in [1.29, 1.82) is 0 Å². The fraction of sp³-hybridized carbons (Fsp3) is 0.259. The molecule has 0 aliphatic rings. The van der Waals surface area contributed by atoms with Crippen LogP contribution in [0.1, 0.15) is 42.5 Å². The lowest BCUT2D eigenvalue weighted by Gasteiger charge is -2.37. The van der Waals surface area contributed by atoms with E-state index in [1.54, 1.807) is 0 Å². The van der Waals surface area contributed by atoms with Gasteiger partial charge in [-0.05, 0) is 23.1 Å². The normalized spacial score (nSPS) is 12.8. The summed E-state index contributed by atoms with van der Waals surface area (Å²) >= 11 is 0. The van der Waals surface area contributed by atoms with Gasteiger partial charge >= 0.3 is 5.97 Å². The molecule has 0 amide bonds. The van der Waals surface area contributed by atoms with Crippen LogP contribution >= 0.6 is 0 Å². The van der Waals surface area contributed by atoms with E-state index in [9.17, 15) is 9.59 Å². The molecule has 3 rings (SSSR count). The Kier molecular flexibility index (Phi) is 8.56. The quantitative estimate of drug-likeness (QED) is 0.313. The van der Waals surface area contributed by atoms with E-state index < -0.39 is 6.10 Å². The number of aldehydes is 1. The number of rotatable bonds is 11. The molecular formula is C27H29NO3. The molecule has 0 radical (unpaired) electrons. The maximum Gasteiger partial charge on any atom is 0.302 e. The second-order valence-corrected chi connectivity index (χ2v) is 7.62. The van der Waals surface area contributed by atoms with Crippen molar-refractivity contribution < 1.29 is 14.3 Å². The Balaban J connectivity index is 2.03. The van der Waals surface area contributed by atoms with E-state index in [1.165, 1.54) is 18.1 Å². The van der Waals surface area contributed by atoms with Crippen LogP contribution in [0.5, 0.6) is 0 Å². The van der Waals surface area contributed by atoms with Crippen LogP contribution in [0.15, 0.2) is 91.0 Å². The zero-order valence-electron chi connectivity index (χ0n) is 17.9. The number of carbonyl (C=O) groups excluding carboxylic acids is 2. The summed E-state index contributed by atoms with van der Waals surface area (Å²) in [5.74, 6) is -0.337. The molecule has 0 bridgehead atoms. The van der Waals surface area contributed by atoms with E-state index in [0.29, 0.717) is 25.9 Å². The van der Waals surface area contributed by atoms with Crippen molar-refractivity contribution >= 4 is 12.3 Å². The third-order valence-electron chi connectivity index (χ3n) is 5.23. The molecule has 31 heavy (non-hydrogen) atoms. The number of carbonyl (C=O) groups is 2. The summed E-state index contributed by atoms with van der Waals surface area (Å²) in [5, 5.41) is 0. The van der Waals surface area contributed by atoms with Crippen LogP contribution in [-0.4, -0.2) is 23.3 Å². The van der Waals surface area contributed by atoms with E-state index in [0.717, 1.165) is 11.8 Å². The smallest absolute Gasteiger partial charge is 0.302 e. The minimum Gasteiger partial charge on any atom is -0.461 e. The Morgan fingerprint density at radius 3 is 1.77 bits per heavy atom. The topological polar surface area (TPSA) is 46.6 Å². The van der Waals surface area contributed by atoms with Crippen molar-refractivity contribution in [2.45, 2.75) is 45.0 Å². The number of nitrogens with zero attached hydrogens (tertiary/aromatic N) is 1. The summed E-state index contributed by atoms with van der Waals surface area (Å²) in [6.45, 7) is 2.80. The molecule has 2 atom stereocenters. The molecule has 0 aliphatic carbocycles. The van der Waals surface area contributed by atoms with Gasteiger partial charge < -0.3 is 9.53 Å². The van der Waals surface area contributed by atoms with Gasteiger partial charge in [0, 0.05) is 26.4 Å². The van der Waals surface area contributed by atoms with Crippen molar-refractivity contribution in [3.63, 3.8) is 0 Å². The fourth-order valence-electron chi connectivity index (χ4n) is 3.93. The van der Waals surface area contributed by atoms with Crippen molar-refractivity contribution in [2.24, 2.45) is 0 Å². The molecule has 0 N–H and O–H groups in total. The predicted molar refractivity (Wildman–Crippen MR) is 122 cm³/mol. The zero-order chi connectivity index (χ0) is 21.9. The number of benzene rings is 3. The van der Waals surface area contributed by atoms with Gasteiger partial charge in [0.05, 0.1) is 6.04 Å². The van der Waals surface area contributed by atoms with Gasteiger partial charge in [0.2, 0.25) is 0 Å². The highest BCUT2D eigenvalue weighted by atomic mass is 16.5. The lowest BCUT2D eigenvalue weighted by molar-refractivity contribution is -0.151. The van der Waals surface area contributed by atoms with E-state index in [-0.39, 0.29) is 12.0 Å². The molecule has 160 valence electrons. The molecular weight excluding hydrogens is 386 g/mol. The van der Waals surface area contributed by atoms with E-state index in [4.69, 9.17) is 4.74 Å². The summed E-state index contributed by atoms with van der Waals surface area (Å²) in [6, 6.07) is 30.5. The molecule has 0 fully saturated rings. The van der Waals surface area contributed by atoms with Gasteiger partial charge in [0.1, 0.15) is 12.4 Å². The van der Waals surface area contributed by atoms with E-state index in [2.05, 4.69) is 41.3 Å². The second-order valence-electron chi connectivity index (χ2n) is 7.62. The molecule has 0 saturated heterocycles. The molecule has 4 heteroatoms. The van der Waals surface area contributed by atoms with Gasteiger partial charge in [-0.15, -0.1) is 0 Å².